The molecule has 0 aliphatic rings. The van der Waals surface area contributed by atoms with E-state index < -0.39 is 6.04 Å². The van der Waals surface area contributed by atoms with Gasteiger partial charge in [0.15, 0.2) is 0 Å². The number of hydrogen-bond acceptors (Lipinski definition) is 3. The van der Waals surface area contributed by atoms with Gasteiger partial charge in [0, 0.05) is 10.7 Å². The van der Waals surface area contributed by atoms with Gasteiger partial charge in [-0.3, -0.25) is 4.79 Å². The van der Waals surface area contributed by atoms with E-state index in [4.69, 9.17) is 10.5 Å². The van der Waals surface area contributed by atoms with Gasteiger partial charge >= 0.3 is 0 Å². The van der Waals surface area contributed by atoms with Gasteiger partial charge in [-0.1, -0.05) is 0 Å². The van der Waals surface area contributed by atoms with Gasteiger partial charge in [0.2, 0.25) is 5.91 Å². The SMILES string of the molecule is COCC(N)C(=O)Nc1ccc(F)cc1I. The summed E-state index contributed by atoms with van der Waals surface area (Å²) in [5, 5.41) is 2.60. The van der Waals surface area contributed by atoms with Gasteiger partial charge in [-0.05, 0) is 40.8 Å². The number of benzene rings is 1. The topological polar surface area (TPSA) is 64.3 Å². The largest absolute Gasteiger partial charge is 0.383 e. The summed E-state index contributed by atoms with van der Waals surface area (Å²) in [4.78, 5) is 11.5. The Hall–Kier alpha value is -0.730. The average molecular weight is 338 g/mol. The van der Waals surface area contributed by atoms with Crippen molar-refractivity contribution < 1.29 is 13.9 Å². The monoisotopic (exact) mass is 338 g/mol. The molecule has 1 atom stereocenters. The molecular weight excluding hydrogens is 326 g/mol. The lowest BCUT2D eigenvalue weighted by atomic mass is 10.2. The zero-order valence-corrected chi connectivity index (χ0v) is 10.8. The molecule has 6 heteroatoms. The number of hydrogen-bond donors (Lipinski definition) is 2. The van der Waals surface area contributed by atoms with Crippen molar-refractivity contribution in [1.82, 2.24) is 0 Å². The van der Waals surface area contributed by atoms with Crippen LogP contribution >= 0.6 is 22.6 Å². The Morgan fingerprint density at radius 1 is 1.69 bits per heavy atom. The molecule has 0 spiro atoms. The molecule has 0 saturated heterocycles. The Morgan fingerprint density at radius 3 is 2.94 bits per heavy atom. The Bertz CT molecular complexity index is 387. The first-order chi connectivity index (χ1) is 7.54. The van der Waals surface area contributed by atoms with E-state index >= 15 is 0 Å². The Morgan fingerprint density at radius 2 is 2.38 bits per heavy atom. The van der Waals surface area contributed by atoms with Crippen LogP contribution in [-0.2, 0) is 9.53 Å². The molecule has 1 aromatic rings. The van der Waals surface area contributed by atoms with Crippen LogP contribution in [0, 0.1) is 9.39 Å². The van der Waals surface area contributed by atoms with Crippen molar-refractivity contribution in [3.63, 3.8) is 0 Å². The number of nitrogens with two attached hydrogens (primary N) is 1. The van der Waals surface area contributed by atoms with Crippen molar-refractivity contribution in [3.05, 3.63) is 27.6 Å². The van der Waals surface area contributed by atoms with Gasteiger partial charge in [-0.15, -0.1) is 0 Å². The smallest absolute Gasteiger partial charge is 0.243 e. The summed E-state index contributed by atoms with van der Waals surface area (Å²) in [7, 11) is 1.47. The summed E-state index contributed by atoms with van der Waals surface area (Å²) in [5.41, 5.74) is 6.08. The molecule has 0 aromatic heterocycles. The number of ether oxygens (including phenoxy) is 1. The summed E-state index contributed by atoms with van der Waals surface area (Å²) in [6.07, 6.45) is 0. The van der Waals surface area contributed by atoms with Crippen molar-refractivity contribution in [2.24, 2.45) is 5.73 Å². The molecular formula is C10H12FIN2O2. The maximum absolute atomic E-state index is 12.8. The molecule has 1 amide bonds. The van der Waals surface area contributed by atoms with Crippen molar-refractivity contribution in [2.75, 3.05) is 19.0 Å². The average Bonchev–Trinajstić information content (AvgIpc) is 2.22. The zero-order valence-electron chi connectivity index (χ0n) is 8.67. The molecule has 1 aromatic carbocycles. The first kappa shape index (κ1) is 13.3. The lowest BCUT2D eigenvalue weighted by molar-refractivity contribution is -0.118. The van der Waals surface area contributed by atoms with E-state index in [1.54, 1.807) is 0 Å². The molecule has 0 heterocycles. The lowest BCUT2D eigenvalue weighted by Crippen LogP contribution is -2.39. The van der Waals surface area contributed by atoms with E-state index in [0.717, 1.165) is 0 Å². The van der Waals surface area contributed by atoms with Crippen LogP contribution < -0.4 is 11.1 Å². The van der Waals surface area contributed by atoms with E-state index in [2.05, 4.69) is 5.32 Å². The first-order valence-corrected chi connectivity index (χ1v) is 5.63. The number of methoxy groups -OCH3 is 1. The van der Waals surface area contributed by atoms with E-state index in [0.29, 0.717) is 9.26 Å². The highest BCUT2D eigenvalue weighted by atomic mass is 127. The number of halogens is 2. The highest BCUT2D eigenvalue weighted by Gasteiger charge is 2.14. The second-order valence-corrected chi connectivity index (χ2v) is 4.34. The van der Waals surface area contributed by atoms with Crippen LogP contribution in [0.1, 0.15) is 0 Å². The van der Waals surface area contributed by atoms with Gasteiger partial charge < -0.3 is 15.8 Å². The van der Waals surface area contributed by atoms with Crippen LogP contribution in [0.25, 0.3) is 0 Å². The molecule has 4 nitrogen and oxygen atoms in total. The number of carbonyl (C=O) groups excluding carboxylic acids is 1. The summed E-state index contributed by atoms with van der Waals surface area (Å²) < 4.78 is 18.2. The van der Waals surface area contributed by atoms with Crippen LogP contribution in [0.15, 0.2) is 18.2 Å². The van der Waals surface area contributed by atoms with Crippen LogP contribution in [0.2, 0.25) is 0 Å². The van der Waals surface area contributed by atoms with E-state index in [-0.39, 0.29) is 18.3 Å². The molecule has 16 heavy (non-hydrogen) atoms. The van der Waals surface area contributed by atoms with Gasteiger partial charge in [-0.2, -0.15) is 0 Å². The summed E-state index contributed by atoms with van der Waals surface area (Å²) in [6.45, 7) is 0.142. The minimum atomic E-state index is -0.731. The lowest BCUT2D eigenvalue weighted by Gasteiger charge is -2.12. The van der Waals surface area contributed by atoms with Crippen molar-refractivity contribution in [3.8, 4) is 0 Å². The number of amides is 1. The molecule has 3 N–H and O–H groups in total. The van der Waals surface area contributed by atoms with Gasteiger partial charge in [0.1, 0.15) is 11.9 Å². The van der Waals surface area contributed by atoms with Gasteiger partial charge in [0.25, 0.3) is 0 Å². The quantitative estimate of drug-likeness (QED) is 0.815. The summed E-state index contributed by atoms with van der Waals surface area (Å²) in [5.74, 6) is -0.699. The summed E-state index contributed by atoms with van der Waals surface area (Å²) in [6, 6.07) is 3.37. The van der Waals surface area contributed by atoms with Crippen LogP contribution in [0.4, 0.5) is 10.1 Å². The number of carbonyl (C=O) groups is 1. The second kappa shape index (κ2) is 6.12. The van der Waals surface area contributed by atoms with Crippen molar-refractivity contribution >= 4 is 34.2 Å². The molecule has 0 aliphatic carbocycles. The van der Waals surface area contributed by atoms with E-state index in [9.17, 15) is 9.18 Å². The van der Waals surface area contributed by atoms with Gasteiger partial charge in [0.05, 0.1) is 12.3 Å². The molecule has 1 rings (SSSR count). The van der Waals surface area contributed by atoms with Crippen LogP contribution in [0.3, 0.4) is 0 Å². The maximum Gasteiger partial charge on any atom is 0.243 e. The van der Waals surface area contributed by atoms with E-state index in [1.807, 2.05) is 22.6 Å². The third-order valence-corrected chi connectivity index (χ3v) is 2.76. The Labute approximate surface area is 106 Å². The Kier molecular flexibility index (Phi) is 5.10. The highest BCUT2D eigenvalue weighted by Crippen LogP contribution is 2.18. The zero-order chi connectivity index (χ0) is 12.1. The molecule has 1 unspecified atom stereocenters. The predicted molar refractivity (Wildman–Crippen MR) is 67.6 cm³/mol. The molecule has 0 bridgehead atoms. The number of anilines is 1. The van der Waals surface area contributed by atoms with E-state index in [1.165, 1.54) is 25.3 Å². The van der Waals surface area contributed by atoms with Crippen molar-refractivity contribution in [2.45, 2.75) is 6.04 Å². The minimum Gasteiger partial charge on any atom is -0.383 e. The fourth-order valence-corrected chi connectivity index (χ4v) is 1.68. The fourth-order valence-electron chi connectivity index (χ4n) is 1.07. The predicted octanol–water partition coefficient (Wildman–Crippen LogP) is 1.34. The maximum atomic E-state index is 12.8. The number of rotatable bonds is 4. The van der Waals surface area contributed by atoms with Crippen LogP contribution in [0.5, 0.6) is 0 Å². The molecule has 88 valence electrons. The molecule has 0 aliphatic heterocycles. The third-order valence-electron chi connectivity index (χ3n) is 1.87. The number of nitrogens with one attached hydrogen (secondary N) is 1. The Balaban J connectivity index is 2.69. The molecule has 0 fully saturated rings. The fraction of sp³-hybridized carbons (Fsp3) is 0.300. The normalized spacial score (nSPS) is 12.2. The minimum absolute atomic E-state index is 0.142. The van der Waals surface area contributed by atoms with Crippen molar-refractivity contribution in [1.29, 1.82) is 0 Å². The third kappa shape index (κ3) is 3.69. The first-order valence-electron chi connectivity index (χ1n) is 4.55. The summed E-state index contributed by atoms with van der Waals surface area (Å²) >= 11 is 1.94. The second-order valence-electron chi connectivity index (χ2n) is 3.18. The molecule has 0 saturated carbocycles. The highest BCUT2D eigenvalue weighted by molar-refractivity contribution is 14.1. The standard InChI is InChI=1S/C10H12FIN2O2/c1-16-5-8(13)10(15)14-9-3-2-6(11)4-7(9)12/h2-4,8H,5,13H2,1H3,(H,14,15). The van der Waals surface area contributed by atoms with Crippen LogP contribution in [-0.4, -0.2) is 25.7 Å². The van der Waals surface area contributed by atoms with Gasteiger partial charge in [-0.25, -0.2) is 4.39 Å². The molecule has 0 radical (unpaired) electrons.